The quantitative estimate of drug-likeness (QED) is 0.355. The first kappa shape index (κ1) is 10.4. The fourth-order valence-electron chi connectivity index (χ4n) is 0.407. The number of hydrogen-bond acceptors (Lipinski definition) is 4. The third-order valence-electron chi connectivity index (χ3n) is 0.929. The van der Waals surface area contributed by atoms with Gasteiger partial charge in [-0.05, 0) is 0 Å². The second kappa shape index (κ2) is 5.12. The molecular formula is C8H10O4. The number of carbonyl (C=O) groups excluding carboxylic acids is 2. The first-order chi connectivity index (χ1) is 5.57. The van der Waals surface area contributed by atoms with Gasteiger partial charge in [0.1, 0.15) is 6.61 Å². The highest BCUT2D eigenvalue weighted by Gasteiger charge is 2.07. The van der Waals surface area contributed by atoms with Crippen LogP contribution in [-0.2, 0) is 19.1 Å². The molecule has 0 aliphatic rings. The zero-order valence-electron chi connectivity index (χ0n) is 6.83. The summed E-state index contributed by atoms with van der Waals surface area (Å²) in [4.78, 5) is 21.1. The van der Waals surface area contributed by atoms with E-state index in [0.717, 1.165) is 6.26 Å². The summed E-state index contributed by atoms with van der Waals surface area (Å²) in [6.07, 6.45) is 0.987. The van der Waals surface area contributed by atoms with Crippen molar-refractivity contribution in [2.45, 2.75) is 6.92 Å². The molecule has 0 saturated carbocycles. The van der Waals surface area contributed by atoms with Crippen LogP contribution in [0, 0.1) is 0 Å². The largest absolute Gasteiger partial charge is 0.461 e. The molecule has 0 N–H and O–H groups in total. The van der Waals surface area contributed by atoms with Crippen molar-refractivity contribution >= 4 is 11.9 Å². The van der Waals surface area contributed by atoms with Crippen molar-refractivity contribution in [3.05, 3.63) is 25.0 Å². The number of ether oxygens (including phenoxy) is 2. The summed E-state index contributed by atoms with van der Waals surface area (Å²) >= 11 is 0. The standard InChI is InChI=1S/C8H10O4/c1-4-11-8(10)6(2)5-12-7(3)9/h4H,1-2,5H2,3H3. The normalized spacial score (nSPS) is 8.42. The van der Waals surface area contributed by atoms with Crippen LogP contribution in [0.15, 0.2) is 25.0 Å². The van der Waals surface area contributed by atoms with Crippen LogP contribution in [0.2, 0.25) is 0 Å². The van der Waals surface area contributed by atoms with Gasteiger partial charge in [-0.1, -0.05) is 13.2 Å². The maximum atomic E-state index is 10.8. The lowest BCUT2D eigenvalue weighted by Gasteiger charge is -2.02. The monoisotopic (exact) mass is 170 g/mol. The van der Waals surface area contributed by atoms with E-state index in [2.05, 4.69) is 22.6 Å². The zero-order valence-corrected chi connectivity index (χ0v) is 6.83. The molecule has 4 heteroatoms. The predicted molar refractivity (Wildman–Crippen MR) is 42.1 cm³/mol. The molecule has 4 nitrogen and oxygen atoms in total. The van der Waals surface area contributed by atoms with Crippen LogP contribution in [0.25, 0.3) is 0 Å². The highest BCUT2D eigenvalue weighted by atomic mass is 16.5. The SMILES string of the molecule is C=COC(=O)C(=C)COC(C)=O. The molecule has 0 aromatic carbocycles. The lowest BCUT2D eigenvalue weighted by molar-refractivity contribution is -0.141. The first-order valence-corrected chi connectivity index (χ1v) is 3.21. The molecule has 0 aromatic heterocycles. The van der Waals surface area contributed by atoms with Gasteiger partial charge in [-0.25, -0.2) is 4.79 Å². The minimum atomic E-state index is -0.647. The number of hydrogen-bond donors (Lipinski definition) is 0. The molecule has 0 fully saturated rings. The van der Waals surface area contributed by atoms with E-state index in [1.165, 1.54) is 6.92 Å². The van der Waals surface area contributed by atoms with E-state index in [9.17, 15) is 9.59 Å². The van der Waals surface area contributed by atoms with E-state index >= 15 is 0 Å². The van der Waals surface area contributed by atoms with Crippen LogP contribution in [-0.4, -0.2) is 18.5 Å². The first-order valence-electron chi connectivity index (χ1n) is 3.21. The topological polar surface area (TPSA) is 52.6 Å². The second-order valence-electron chi connectivity index (χ2n) is 1.96. The molecule has 0 atom stereocenters. The lowest BCUT2D eigenvalue weighted by atomic mass is 10.3. The summed E-state index contributed by atoms with van der Waals surface area (Å²) < 4.78 is 8.87. The van der Waals surface area contributed by atoms with Crippen molar-refractivity contribution in [1.29, 1.82) is 0 Å². The fraction of sp³-hybridized carbons (Fsp3) is 0.250. The van der Waals surface area contributed by atoms with Gasteiger partial charge in [0.25, 0.3) is 0 Å². The summed E-state index contributed by atoms with van der Waals surface area (Å²) in [5.41, 5.74) is 0.0742. The molecular weight excluding hydrogens is 160 g/mol. The number of carbonyl (C=O) groups is 2. The van der Waals surface area contributed by atoms with Gasteiger partial charge in [0.2, 0.25) is 0 Å². The van der Waals surface area contributed by atoms with Gasteiger partial charge < -0.3 is 9.47 Å². The Morgan fingerprint density at radius 3 is 2.50 bits per heavy atom. The van der Waals surface area contributed by atoms with Crippen molar-refractivity contribution in [3.63, 3.8) is 0 Å². The van der Waals surface area contributed by atoms with E-state index in [1.807, 2.05) is 0 Å². The highest BCUT2D eigenvalue weighted by molar-refractivity contribution is 5.88. The van der Waals surface area contributed by atoms with Gasteiger partial charge in [0, 0.05) is 6.92 Å². The Morgan fingerprint density at radius 2 is 2.08 bits per heavy atom. The van der Waals surface area contributed by atoms with Crippen LogP contribution in [0.3, 0.4) is 0 Å². The summed E-state index contributed by atoms with van der Waals surface area (Å²) in [5, 5.41) is 0. The lowest BCUT2D eigenvalue weighted by Crippen LogP contribution is -2.11. The van der Waals surface area contributed by atoms with Crippen LogP contribution in [0.4, 0.5) is 0 Å². The molecule has 0 aliphatic carbocycles. The third-order valence-corrected chi connectivity index (χ3v) is 0.929. The maximum Gasteiger partial charge on any atom is 0.341 e. The summed E-state index contributed by atoms with van der Waals surface area (Å²) in [7, 11) is 0. The molecule has 0 rings (SSSR count). The average molecular weight is 170 g/mol. The van der Waals surface area contributed by atoms with Gasteiger partial charge in [0.05, 0.1) is 11.8 Å². The van der Waals surface area contributed by atoms with Gasteiger partial charge in [-0.3, -0.25) is 4.79 Å². The maximum absolute atomic E-state index is 10.8. The van der Waals surface area contributed by atoms with Crippen molar-refractivity contribution < 1.29 is 19.1 Å². The molecule has 0 spiro atoms. The minimum Gasteiger partial charge on any atom is -0.461 e. The van der Waals surface area contributed by atoms with Crippen molar-refractivity contribution in [3.8, 4) is 0 Å². The molecule has 0 amide bonds. The molecule has 0 bridgehead atoms. The Morgan fingerprint density at radius 1 is 1.50 bits per heavy atom. The predicted octanol–water partition coefficient (Wildman–Crippen LogP) is 0.792. The molecule has 0 saturated heterocycles. The Labute approximate surface area is 70.5 Å². The Kier molecular flexibility index (Phi) is 4.45. The summed E-state index contributed by atoms with van der Waals surface area (Å²) in [6.45, 7) is 7.62. The van der Waals surface area contributed by atoms with Gasteiger partial charge in [-0.15, -0.1) is 0 Å². The summed E-state index contributed by atoms with van der Waals surface area (Å²) in [6, 6.07) is 0. The molecule has 0 aromatic rings. The van der Waals surface area contributed by atoms with Gasteiger partial charge in [-0.2, -0.15) is 0 Å². The Hall–Kier alpha value is -1.58. The van der Waals surface area contributed by atoms with Gasteiger partial charge in [0.15, 0.2) is 0 Å². The van der Waals surface area contributed by atoms with E-state index in [1.54, 1.807) is 0 Å². The van der Waals surface area contributed by atoms with E-state index in [0.29, 0.717) is 0 Å². The molecule has 0 heterocycles. The van der Waals surface area contributed by atoms with Crippen LogP contribution in [0.5, 0.6) is 0 Å². The zero-order chi connectivity index (χ0) is 9.56. The summed E-state index contributed by atoms with van der Waals surface area (Å²) in [5.74, 6) is -1.12. The highest BCUT2D eigenvalue weighted by Crippen LogP contribution is 1.95. The fourth-order valence-corrected chi connectivity index (χ4v) is 0.407. The molecule has 0 radical (unpaired) electrons. The van der Waals surface area contributed by atoms with E-state index < -0.39 is 11.9 Å². The molecule has 66 valence electrons. The van der Waals surface area contributed by atoms with Crippen molar-refractivity contribution in [2.24, 2.45) is 0 Å². The average Bonchev–Trinajstić information content (AvgIpc) is 2.00. The Bertz CT molecular complexity index is 217. The van der Waals surface area contributed by atoms with E-state index in [-0.39, 0.29) is 12.2 Å². The van der Waals surface area contributed by atoms with Crippen molar-refractivity contribution in [1.82, 2.24) is 0 Å². The van der Waals surface area contributed by atoms with Crippen molar-refractivity contribution in [2.75, 3.05) is 6.61 Å². The smallest absolute Gasteiger partial charge is 0.341 e. The third kappa shape index (κ3) is 4.27. The second-order valence-corrected chi connectivity index (χ2v) is 1.96. The Balaban J connectivity index is 3.79. The number of rotatable bonds is 4. The van der Waals surface area contributed by atoms with Crippen LogP contribution < -0.4 is 0 Å². The van der Waals surface area contributed by atoms with Gasteiger partial charge >= 0.3 is 11.9 Å². The molecule has 12 heavy (non-hydrogen) atoms. The van der Waals surface area contributed by atoms with Crippen LogP contribution >= 0.6 is 0 Å². The number of esters is 2. The van der Waals surface area contributed by atoms with Crippen LogP contribution in [0.1, 0.15) is 6.92 Å². The van der Waals surface area contributed by atoms with E-state index in [4.69, 9.17) is 0 Å². The molecule has 0 aliphatic heterocycles. The molecule has 0 unspecified atom stereocenters. The minimum absolute atomic E-state index is 0.0742.